The van der Waals surface area contributed by atoms with Gasteiger partial charge in [0.25, 0.3) is 0 Å². The highest BCUT2D eigenvalue weighted by molar-refractivity contribution is 7.09. The highest BCUT2D eigenvalue weighted by atomic mass is 32.1. The summed E-state index contributed by atoms with van der Waals surface area (Å²) in [6.45, 7) is 2.29. The molecular formula is C10H15NS. The zero-order valence-electron chi connectivity index (χ0n) is 7.36. The first-order valence-electron chi connectivity index (χ1n) is 4.55. The van der Waals surface area contributed by atoms with Gasteiger partial charge in [-0.25, -0.2) is 0 Å². The molecule has 1 aliphatic rings. The van der Waals surface area contributed by atoms with Crippen LogP contribution in [0.3, 0.4) is 0 Å². The molecule has 2 heteroatoms. The smallest absolute Gasteiger partial charge is 0.0118 e. The zero-order valence-corrected chi connectivity index (χ0v) is 8.18. The van der Waals surface area contributed by atoms with Crippen LogP contribution in [0.5, 0.6) is 0 Å². The number of nitrogens with two attached hydrogens (primary N) is 1. The first-order chi connectivity index (χ1) is 5.77. The average molecular weight is 181 g/mol. The molecule has 0 aromatic carbocycles. The van der Waals surface area contributed by atoms with E-state index in [1.165, 1.54) is 11.3 Å². The molecule has 2 N–H and O–H groups in total. The van der Waals surface area contributed by atoms with Crippen LogP contribution in [0.15, 0.2) is 17.5 Å². The quantitative estimate of drug-likeness (QED) is 0.760. The largest absolute Gasteiger partial charge is 0.327 e. The molecule has 1 aromatic rings. The molecule has 3 unspecified atom stereocenters. The lowest BCUT2D eigenvalue weighted by molar-refractivity contribution is 0.564. The van der Waals surface area contributed by atoms with E-state index in [0.29, 0.717) is 6.04 Å². The fourth-order valence-corrected chi connectivity index (χ4v) is 2.54. The van der Waals surface area contributed by atoms with E-state index in [0.717, 1.165) is 18.3 Å². The minimum Gasteiger partial charge on any atom is -0.327 e. The first-order valence-corrected chi connectivity index (χ1v) is 5.43. The fraction of sp³-hybridized carbons (Fsp3) is 0.600. The van der Waals surface area contributed by atoms with Crippen LogP contribution < -0.4 is 5.73 Å². The van der Waals surface area contributed by atoms with Gasteiger partial charge in [0.1, 0.15) is 0 Å². The summed E-state index contributed by atoms with van der Waals surface area (Å²) in [6.07, 6.45) is 2.42. The summed E-state index contributed by atoms with van der Waals surface area (Å²) >= 11 is 1.82. The minimum atomic E-state index is 0.402. The Morgan fingerprint density at radius 3 is 3.00 bits per heavy atom. The standard InChI is InChI=1S/C10H15NS/c1-7-5-9(7)10(11)6-8-3-2-4-12-8/h2-4,7,9-10H,5-6,11H2,1H3. The molecule has 0 aliphatic heterocycles. The van der Waals surface area contributed by atoms with Gasteiger partial charge < -0.3 is 5.73 Å². The minimum absolute atomic E-state index is 0.402. The van der Waals surface area contributed by atoms with Crippen molar-refractivity contribution < 1.29 is 0 Å². The van der Waals surface area contributed by atoms with Gasteiger partial charge in [-0.2, -0.15) is 0 Å². The van der Waals surface area contributed by atoms with Gasteiger partial charge >= 0.3 is 0 Å². The Morgan fingerprint density at radius 1 is 1.75 bits per heavy atom. The lowest BCUT2D eigenvalue weighted by Gasteiger charge is -2.08. The van der Waals surface area contributed by atoms with Gasteiger partial charge in [0.05, 0.1) is 0 Å². The van der Waals surface area contributed by atoms with E-state index < -0.39 is 0 Å². The maximum absolute atomic E-state index is 6.07. The van der Waals surface area contributed by atoms with Crippen molar-refractivity contribution in [2.45, 2.75) is 25.8 Å². The molecule has 1 nitrogen and oxygen atoms in total. The number of rotatable bonds is 3. The Labute approximate surface area is 77.6 Å². The van der Waals surface area contributed by atoms with Crippen LogP contribution in [0.25, 0.3) is 0 Å². The van der Waals surface area contributed by atoms with Gasteiger partial charge in [0.2, 0.25) is 0 Å². The van der Waals surface area contributed by atoms with E-state index >= 15 is 0 Å². The Balaban J connectivity index is 1.87. The van der Waals surface area contributed by atoms with Gasteiger partial charge in [-0.05, 0) is 36.1 Å². The summed E-state index contributed by atoms with van der Waals surface area (Å²) in [5.41, 5.74) is 6.07. The third-order valence-corrected chi connectivity index (χ3v) is 3.64. The van der Waals surface area contributed by atoms with E-state index in [2.05, 4.69) is 24.4 Å². The molecule has 66 valence electrons. The molecule has 1 aliphatic carbocycles. The van der Waals surface area contributed by atoms with Crippen LogP contribution in [0, 0.1) is 11.8 Å². The van der Waals surface area contributed by atoms with Gasteiger partial charge in [-0.1, -0.05) is 13.0 Å². The van der Waals surface area contributed by atoms with E-state index in [-0.39, 0.29) is 0 Å². The molecule has 0 bridgehead atoms. The Hall–Kier alpha value is -0.340. The highest BCUT2D eigenvalue weighted by Gasteiger charge is 2.37. The van der Waals surface area contributed by atoms with Crippen LogP contribution in [-0.4, -0.2) is 6.04 Å². The van der Waals surface area contributed by atoms with Gasteiger partial charge in [-0.15, -0.1) is 11.3 Å². The molecule has 0 amide bonds. The van der Waals surface area contributed by atoms with Crippen LogP contribution in [0.2, 0.25) is 0 Å². The summed E-state index contributed by atoms with van der Waals surface area (Å²) in [7, 11) is 0. The second-order valence-corrected chi connectivity index (χ2v) is 4.86. The van der Waals surface area contributed by atoms with Crippen LogP contribution in [-0.2, 0) is 6.42 Å². The average Bonchev–Trinajstić information content (AvgIpc) is 2.58. The van der Waals surface area contributed by atoms with Crippen LogP contribution >= 0.6 is 11.3 Å². The number of thiophene rings is 1. The zero-order chi connectivity index (χ0) is 8.55. The van der Waals surface area contributed by atoms with E-state index in [1.54, 1.807) is 0 Å². The number of hydrogen-bond acceptors (Lipinski definition) is 2. The summed E-state index contributed by atoms with van der Waals surface area (Å²) in [5, 5.41) is 2.12. The van der Waals surface area contributed by atoms with Crippen LogP contribution in [0.4, 0.5) is 0 Å². The van der Waals surface area contributed by atoms with Gasteiger partial charge in [0, 0.05) is 10.9 Å². The molecule has 12 heavy (non-hydrogen) atoms. The predicted octanol–water partition coefficient (Wildman–Crippen LogP) is 2.27. The highest BCUT2D eigenvalue weighted by Crippen LogP contribution is 2.40. The first kappa shape index (κ1) is 8.27. The van der Waals surface area contributed by atoms with Crippen molar-refractivity contribution in [3.63, 3.8) is 0 Å². The van der Waals surface area contributed by atoms with Crippen molar-refractivity contribution in [2.24, 2.45) is 17.6 Å². The third-order valence-electron chi connectivity index (χ3n) is 2.74. The molecule has 1 aromatic heterocycles. The second-order valence-electron chi connectivity index (χ2n) is 3.82. The summed E-state index contributed by atoms with van der Waals surface area (Å²) in [4.78, 5) is 1.43. The Morgan fingerprint density at radius 2 is 2.50 bits per heavy atom. The van der Waals surface area contributed by atoms with E-state index in [9.17, 15) is 0 Å². The van der Waals surface area contributed by atoms with Crippen molar-refractivity contribution in [3.05, 3.63) is 22.4 Å². The monoisotopic (exact) mass is 181 g/mol. The molecule has 0 saturated heterocycles. The third kappa shape index (κ3) is 1.70. The molecule has 0 radical (unpaired) electrons. The van der Waals surface area contributed by atoms with E-state index in [1.807, 2.05) is 11.3 Å². The maximum atomic E-state index is 6.07. The molecular weight excluding hydrogens is 166 g/mol. The predicted molar refractivity (Wildman–Crippen MR) is 53.3 cm³/mol. The van der Waals surface area contributed by atoms with Crippen molar-refractivity contribution >= 4 is 11.3 Å². The van der Waals surface area contributed by atoms with Crippen LogP contribution in [0.1, 0.15) is 18.2 Å². The Kier molecular flexibility index (Phi) is 2.20. The van der Waals surface area contributed by atoms with Gasteiger partial charge in [0.15, 0.2) is 0 Å². The summed E-state index contributed by atoms with van der Waals surface area (Å²) in [5.74, 6) is 1.67. The molecule has 1 saturated carbocycles. The molecule has 0 spiro atoms. The van der Waals surface area contributed by atoms with Crippen molar-refractivity contribution in [1.29, 1.82) is 0 Å². The van der Waals surface area contributed by atoms with Gasteiger partial charge in [-0.3, -0.25) is 0 Å². The summed E-state index contributed by atoms with van der Waals surface area (Å²) in [6, 6.07) is 4.68. The second kappa shape index (κ2) is 3.19. The fourth-order valence-electron chi connectivity index (χ4n) is 1.76. The number of hydrogen-bond donors (Lipinski definition) is 1. The molecule has 1 heterocycles. The van der Waals surface area contributed by atoms with Crippen molar-refractivity contribution in [3.8, 4) is 0 Å². The maximum Gasteiger partial charge on any atom is 0.0118 e. The Bertz CT molecular complexity index is 242. The summed E-state index contributed by atoms with van der Waals surface area (Å²) < 4.78 is 0. The SMILES string of the molecule is CC1CC1C(N)Cc1cccs1. The van der Waals surface area contributed by atoms with E-state index in [4.69, 9.17) is 5.73 Å². The van der Waals surface area contributed by atoms with Crippen molar-refractivity contribution in [2.75, 3.05) is 0 Å². The topological polar surface area (TPSA) is 26.0 Å². The molecule has 2 rings (SSSR count). The lowest BCUT2D eigenvalue weighted by Crippen LogP contribution is -2.25. The molecule has 1 fully saturated rings. The van der Waals surface area contributed by atoms with Crippen molar-refractivity contribution in [1.82, 2.24) is 0 Å². The lowest BCUT2D eigenvalue weighted by atomic mass is 10.1. The molecule has 3 atom stereocenters. The normalized spacial score (nSPS) is 30.2.